The van der Waals surface area contributed by atoms with Crippen molar-refractivity contribution in [3.8, 4) is 0 Å². The first-order valence-corrected chi connectivity index (χ1v) is 28.0. The minimum Gasteiger partial charge on any atom is -0.394 e. The van der Waals surface area contributed by atoms with E-state index in [0.717, 1.165) is 51.4 Å². The van der Waals surface area contributed by atoms with Crippen LogP contribution in [0.3, 0.4) is 0 Å². The molecule has 9 nitrogen and oxygen atoms in total. The molecule has 7 atom stereocenters. The average molecular weight is 944 g/mol. The summed E-state index contributed by atoms with van der Waals surface area (Å²) in [7, 11) is 0. The molecule has 1 fully saturated rings. The van der Waals surface area contributed by atoms with Crippen molar-refractivity contribution < 1.29 is 39.8 Å². The molecule has 1 heterocycles. The van der Waals surface area contributed by atoms with E-state index in [9.17, 15) is 30.3 Å². The predicted molar refractivity (Wildman–Crippen MR) is 281 cm³/mol. The van der Waals surface area contributed by atoms with Gasteiger partial charge in [0.1, 0.15) is 24.4 Å². The number of allylic oxidation sites excluding steroid dienone is 9. The van der Waals surface area contributed by atoms with E-state index in [2.05, 4.69) is 67.8 Å². The largest absolute Gasteiger partial charge is 0.394 e. The normalized spacial score (nSPS) is 20.1. The third-order valence-corrected chi connectivity index (χ3v) is 13.0. The van der Waals surface area contributed by atoms with Crippen LogP contribution in [0.25, 0.3) is 0 Å². The molecule has 1 amide bonds. The van der Waals surface area contributed by atoms with Crippen molar-refractivity contribution in [3.05, 3.63) is 60.8 Å². The molecular weight excluding hydrogens is 839 g/mol. The lowest BCUT2D eigenvalue weighted by atomic mass is 9.99. The average Bonchev–Trinajstić information content (AvgIpc) is 3.33. The molecule has 0 aromatic carbocycles. The molecule has 9 heteroatoms. The summed E-state index contributed by atoms with van der Waals surface area (Å²) in [4.78, 5) is 13.0. The maximum Gasteiger partial charge on any atom is 0.220 e. The molecule has 0 saturated carbocycles. The van der Waals surface area contributed by atoms with E-state index in [1.165, 1.54) is 173 Å². The Labute approximate surface area is 411 Å². The Morgan fingerprint density at radius 3 is 1.34 bits per heavy atom. The van der Waals surface area contributed by atoms with E-state index >= 15 is 0 Å². The van der Waals surface area contributed by atoms with Crippen molar-refractivity contribution in [1.82, 2.24) is 5.32 Å². The molecule has 0 spiro atoms. The van der Waals surface area contributed by atoms with Crippen LogP contribution in [0, 0.1) is 0 Å². The monoisotopic (exact) mass is 944 g/mol. The van der Waals surface area contributed by atoms with Crippen LogP contribution in [0.15, 0.2) is 60.8 Å². The number of aliphatic hydroxyl groups is 5. The summed E-state index contributed by atoms with van der Waals surface area (Å²) in [5.41, 5.74) is 0. The molecule has 6 N–H and O–H groups in total. The number of ether oxygens (including phenoxy) is 2. The first-order chi connectivity index (χ1) is 32.8. The second-order valence-corrected chi connectivity index (χ2v) is 19.4. The third kappa shape index (κ3) is 37.4. The SMILES string of the molecule is CCCCCCC/C=C\C/C=C\CCCCCCCCCCCCCC(=O)NC(COC1OC(CO)C(O)C(O)C1O)C(O)/C=C/CC/C=C/CC/C=C/CCCCCCCCCCCCC. The number of amides is 1. The summed E-state index contributed by atoms with van der Waals surface area (Å²) < 4.78 is 11.2. The molecule has 0 aliphatic carbocycles. The summed E-state index contributed by atoms with van der Waals surface area (Å²) in [6, 6.07) is -0.831. The van der Waals surface area contributed by atoms with Crippen molar-refractivity contribution in [1.29, 1.82) is 0 Å². The Bertz CT molecular complexity index is 1230. The highest BCUT2D eigenvalue weighted by Crippen LogP contribution is 2.23. The molecule has 0 bridgehead atoms. The highest BCUT2D eigenvalue weighted by molar-refractivity contribution is 5.76. The standard InChI is InChI=1S/C58H105NO8/c1-3-5-7-9-11-13-15-17-19-21-23-25-26-28-30-32-34-36-38-40-42-44-46-48-54(62)59-51(50-66-58-57(65)56(64)55(63)53(49-60)67-58)52(61)47-45-43-41-39-37-35-33-31-29-27-24-22-20-18-16-14-12-10-8-6-4-2/h15,17,21,23,29,31,37,39,45,47,51-53,55-58,60-61,63-65H,3-14,16,18-20,22,24-28,30,32-36,38,40-44,46,48-50H2,1-2H3,(H,59,62)/b17-15-,23-21-,31-29+,39-37+,47-45+. The second kappa shape index (κ2) is 47.6. The van der Waals surface area contributed by atoms with Crippen LogP contribution < -0.4 is 5.32 Å². The number of nitrogens with one attached hydrogen (secondary N) is 1. The van der Waals surface area contributed by atoms with Crippen LogP contribution in [-0.4, -0.2) is 87.5 Å². The number of unbranched alkanes of at least 4 members (excludes halogenated alkanes) is 29. The first-order valence-electron chi connectivity index (χ1n) is 28.0. The number of aliphatic hydroxyl groups excluding tert-OH is 5. The molecule has 390 valence electrons. The minimum atomic E-state index is -1.58. The summed E-state index contributed by atoms with van der Waals surface area (Å²) in [5.74, 6) is -0.193. The van der Waals surface area contributed by atoms with Crippen molar-refractivity contribution in [3.63, 3.8) is 0 Å². The van der Waals surface area contributed by atoms with Crippen LogP contribution >= 0.6 is 0 Å². The molecule has 0 radical (unpaired) electrons. The topological polar surface area (TPSA) is 149 Å². The Morgan fingerprint density at radius 1 is 0.507 bits per heavy atom. The van der Waals surface area contributed by atoms with E-state index in [4.69, 9.17) is 9.47 Å². The summed E-state index contributed by atoms with van der Waals surface area (Å²) in [6.45, 7) is 3.76. The van der Waals surface area contributed by atoms with E-state index in [1.807, 2.05) is 6.08 Å². The molecular formula is C58H105NO8. The number of carbonyl (C=O) groups excluding carboxylic acids is 1. The number of rotatable bonds is 47. The lowest BCUT2D eigenvalue weighted by molar-refractivity contribution is -0.302. The lowest BCUT2D eigenvalue weighted by Crippen LogP contribution is -2.60. The predicted octanol–water partition coefficient (Wildman–Crippen LogP) is 13.5. The van der Waals surface area contributed by atoms with Crippen molar-refractivity contribution in [2.75, 3.05) is 13.2 Å². The van der Waals surface area contributed by atoms with Gasteiger partial charge in [-0.05, 0) is 77.0 Å². The summed E-state index contributed by atoms with van der Waals surface area (Å²) in [6.07, 6.45) is 57.0. The lowest BCUT2D eigenvalue weighted by Gasteiger charge is -2.40. The molecule has 0 aromatic rings. The van der Waals surface area contributed by atoms with Gasteiger partial charge in [-0.3, -0.25) is 4.79 Å². The zero-order chi connectivity index (χ0) is 48.7. The maximum atomic E-state index is 13.0. The maximum absolute atomic E-state index is 13.0. The van der Waals surface area contributed by atoms with Gasteiger partial charge in [0.25, 0.3) is 0 Å². The van der Waals surface area contributed by atoms with E-state index < -0.39 is 49.5 Å². The van der Waals surface area contributed by atoms with Gasteiger partial charge in [0, 0.05) is 6.42 Å². The molecule has 0 aromatic heterocycles. The van der Waals surface area contributed by atoms with E-state index in [0.29, 0.717) is 6.42 Å². The molecule has 1 aliphatic rings. The third-order valence-electron chi connectivity index (χ3n) is 13.0. The summed E-state index contributed by atoms with van der Waals surface area (Å²) in [5, 5.41) is 54.4. The quantitative estimate of drug-likeness (QED) is 0.0261. The van der Waals surface area contributed by atoms with Gasteiger partial charge in [-0.15, -0.1) is 0 Å². The number of hydrogen-bond acceptors (Lipinski definition) is 8. The Morgan fingerprint density at radius 2 is 0.896 bits per heavy atom. The summed E-state index contributed by atoms with van der Waals surface area (Å²) >= 11 is 0. The van der Waals surface area contributed by atoms with Gasteiger partial charge < -0.3 is 40.3 Å². The molecule has 1 saturated heterocycles. The Kier molecular flexibility index (Phi) is 44.7. The van der Waals surface area contributed by atoms with E-state index in [-0.39, 0.29) is 12.5 Å². The van der Waals surface area contributed by atoms with Gasteiger partial charge in [-0.25, -0.2) is 0 Å². The van der Waals surface area contributed by atoms with Gasteiger partial charge in [0.15, 0.2) is 6.29 Å². The fourth-order valence-corrected chi connectivity index (χ4v) is 8.57. The minimum absolute atomic E-state index is 0.193. The van der Waals surface area contributed by atoms with Gasteiger partial charge in [0.2, 0.25) is 5.91 Å². The highest BCUT2D eigenvalue weighted by atomic mass is 16.7. The second-order valence-electron chi connectivity index (χ2n) is 19.4. The van der Waals surface area contributed by atoms with E-state index in [1.54, 1.807) is 6.08 Å². The zero-order valence-corrected chi connectivity index (χ0v) is 43.1. The van der Waals surface area contributed by atoms with Crippen LogP contribution in [-0.2, 0) is 14.3 Å². The van der Waals surface area contributed by atoms with Crippen LogP contribution in [0.2, 0.25) is 0 Å². The first kappa shape index (κ1) is 62.9. The Hall–Kier alpha value is -2.11. The van der Waals surface area contributed by atoms with Crippen LogP contribution in [0.4, 0.5) is 0 Å². The molecule has 7 unspecified atom stereocenters. The van der Waals surface area contributed by atoms with Gasteiger partial charge in [0.05, 0.1) is 25.4 Å². The number of hydrogen-bond donors (Lipinski definition) is 6. The van der Waals surface area contributed by atoms with Crippen LogP contribution in [0.5, 0.6) is 0 Å². The van der Waals surface area contributed by atoms with Crippen molar-refractivity contribution in [2.45, 2.75) is 288 Å². The Balaban J connectivity index is 2.29. The molecule has 1 aliphatic heterocycles. The molecule has 67 heavy (non-hydrogen) atoms. The fourth-order valence-electron chi connectivity index (χ4n) is 8.57. The van der Waals surface area contributed by atoms with Crippen molar-refractivity contribution in [2.24, 2.45) is 0 Å². The number of carbonyl (C=O) groups is 1. The van der Waals surface area contributed by atoms with Gasteiger partial charge in [-0.1, -0.05) is 222 Å². The van der Waals surface area contributed by atoms with Crippen LogP contribution in [0.1, 0.15) is 245 Å². The van der Waals surface area contributed by atoms with Gasteiger partial charge in [-0.2, -0.15) is 0 Å². The zero-order valence-electron chi connectivity index (χ0n) is 43.1. The highest BCUT2D eigenvalue weighted by Gasteiger charge is 2.44. The smallest absolute Gasteiger partial charge is 0.220 e. The van der Waals surface area contributed by atoms with Gasteiger partial charge >= 0.3 is 0 Å². The fraction of sp³-hybridized carbons (Fsp3) is 0.810. The van der Waals surface area contributed by atoms with Crippen molar-refractivity contribution >= 4 is 5.91 Å². The molecule has 1 rings (SSSR count).